The fraction of sp³-hybridized carbons (Fsp3) is 0.441. The van der Waals surface area contributed by atoms with Crippen molar-refractivity contribution in [3.63, 3.8) is 0 Å². The Kier molecular flexibility index (Phi) is 12.1. The van der Waals surface area contributed by atoms with E-state index in [2.05, 4.69) is 9.71 Å². The molecular weight excluding hydrogens is 608 g/mol. The van der Waals surface area contributed by atoms with Crippen molar-refractivity contribution in [3.8, 4) is 5.75 Å². The summed E-state index contributed by atoms with van der Waals surface area (Å²) in [4.78, 5) is 34.7. The van der Waals surface area contributed by atoms with E-state index in [9.17, 15) is 23.1 Å². The Morgan fingerprint density at radius 3 is 2.52 bits per heavy atom. The molecule has 12 heteroatoms. The molecule has 4 rings (SSSR count). The summed E-state index contributed by atoms with van der Waals surface area (Å²) in [6.45, 7) is 6.30. The summed E-state index contributed by atoms with van der Waals surface area (Å²) in [7, 11) is -2.20. The molecule has 1 aromatic heterocycles. The van der Waals surface area contributed by atoms with Crippen LogP contribution in [-0.4, -0.2) is 91.7 Å². The van der Waals surface area contributed by atoms with E-state index in [1.807, 2.05) is 13.8 Å². The molecule has 3 aromatic rings. The van der Waals surface area contributed by atoms with E-state index < -0.39 is 28.1 Å². The molecule has 0 saturated heterocycles. The number of rotatable bonds is 8. The summed E-state index contributed by atoms with van der Waals surface area (Å²) in [5, 5.41) is 10.2. The SMILES string of the molecule is C[C@H]1CCCCO[C@@H](CN(C)C(=O)c2ccncc2)[C@@H](C)CN([C@@H](C)CO)C(=O)c2cc(NS(=O)(=O)c3ccccc3)ccc2O1. The molecule has 0 aliphatic carbocycles. The van der Waals surface area contributed by atoms with Crippen LogP contribution in [0.3, 0.4) is 0 Å². The number of hydrogen-bond acceptors (Lipinski definition) is 8. The van der Waals surface area contributed by atoms with Gasteiger partial charge in [0.15, 0.2) is 0 Å². The topological polar surface area (TPSA) is 138 Å². The third-order valence-corrected chi connectivity index (χ3v) is 9.48. The predicted molar refractivity (Wildman–Crippen MR) is 175 cm³/mol. The van der Waals surface area contributed by atoms with Crippen molar-refractivity contribution < 1.29 is 32.6 Å². The maximum atomic E-state index is 14.3. The molecule has 0 saturated carbocycles. The molecule has 2 aromatic carbocycles. The average molecular weight is 653 g/mol. The Hall–Kier alpha value is -4.00. The number of anilines is 1. The number of benzene rings is 2. The minimum atomic E-state index is -3.91. The first-order valence-corrected chi connectivity index (χ1v) is 17.1. The van der Waals surface area contributed by atoms with Crippen LogP contribution in [0.25, 0.3) is 0 Å². The Morgan fingerprint density at radius 1 is 1.11 bits per heavy atom. The lowest BCUT2D eigenvalue weighted by Crippen LogP contribution is -2.48. The van der Waals surface area contributed by atoms with E-state index in [0.29, 0.717) is 30.9 Å². The molecule has 11 nitrogen and oxygen atoms in total. The van der Waals surface area contributed by atoms with Gasteiger partial charge in [0.2, 0.25) is 0 Å². The molecule has 0 radical (unpaired) electrons. The van der Waals surface area contributed by atoms with Gasteiger partial charge in [-0.3, -0.25) is 19.3 Å². The van der Waals surface area contributed by atoms with Crippen LogP contribution in [0.4, 0.5) is 5.69 Å². The summed E-state index contributed by atoms with van der Waals surface area (Å²) in [5.41, 5.74) is 0.892. The first-order chi connectivity index (χ1) is 22.0. The zero-order valence-corrected chi connectivity index (χ0v) is 27.7. The van der Waals surface area contributed by atoms with Gasteiger partial charge in [-0.1, -0.05) is 25.1 Å². The van der Waals surface area contributed by atoms with E-state index in [0.717, 1.165) is 12.8 Å². The molecule has 2 N–H and O–H groups in total. The van der Waals surface area contributed by atoms with Gasteiger partial charge in [-0.2, -0.15) is 0 Å². The summed E-state index contributed by atoms with van der Waals surface area (Å²) in [5.74, 6) is -0.500. The van der Waals surface area contributed by atoms with Gasteiger partial charge in [-0.25, -0.2) is 8.42 Å². The number of ether oxygens (including phenoxy) is 2. The van der Waals surface area contributed by atoms with Crippen LogP contribution in [0.2, 0.25) is 0 Å². The van der Waals surface area contributed by atoms with Crippen molar-refractivity contribution >= 4 is 27.5 Å². The summed E-state index contributed by atoms with van der Waals surface area (Å²) < 4.78 is 41.3. The first kappa shape index (κ1) is 34.9. The zero-order valence-electron chi connectivity index (χ0n) is 26.8. The van der Waals surface area contributed by atoms with E-state index in [4.69, 9.17) is 9.47 Å². The highest BCUT2D eigenvalue weighted by Crippen LogP contribution is 2.29. The van der Waals surface area contributed by atoms with Crippen LogP contribution in [0.1, 0.15) is 60.7 Å². The van der Waals surface area contributed by atoms with Crippen molar-refractivity contribution in [3.05, 3.63) is 84.2 Å². The second-order valence-corrected chi connectivity index (χ2v) is 13.5. The Morgan fingerprint density at radius 2 is 1.83 bits per heavy atom. The normalized spacial score (nSPS) is 20.5. The van der Waals surface area contributed by atoms with Gasteiger partial charge in [0.1, 0.15) is 5.75 Å². The van der Waals surface area contributed by atoms with Gasteiger partial charge in [-0.15, -0.1) is 0 Å². The monoisotopic (exact) mass is 652 g/mol. The van der Waals surface area contributed by atoms with Crippen molar-refractivity contribution in [2.45, 2.75) is 63.2 Å². The number of sulfonamides is 1. The number of pyridine rings is 1. The third kappa shape index (κ3) is 9.05. The molecule has 1 aliphatic rings. The van der Waals surface area contributed by atoms with Gasteiger partial charge in [0.25, 0.3) is 21.8 Å². The summed E-state index contributed by atoms with van der Waals surface area (Å²) in [6, 6.07) is 15.4. The number of aliphatic hydroxyl groups excluding tert-OH is 1. The number of nitrogens with zero attached hydrogens (tertiary/aromatic N) is 3. The molecule has 0 unspecified atom stereocenters. The van der Waals surface area contributed by atoms with E-state index >= 15 is 0 Å². The summed E-state index contributed by atoms with van der Waals surface area (Å²) in [6.07, 6.45) is 4.81. The number of carbonyl (C=O) groups excluding carboxylic acids is 2. The maximum absolute atomic E-state index is 14.3. The highest BCUT2D eigenvalue weighted by molar-refractivity contribution is 7.92. The van der Waals surface area contributed by atoms with Crippen LogP contribution in [0.15, 0.2) is 78.0 Å². The average Bonchev–Trinajstić information content (AvgIpc) is 3.06. The number of nitrogens with one attached hydrogen (secondary N) is 1. The number of hydrogen-bond donors (Lipinski definition) is 2. The number of aromatic nitrogens is 1. The maximum Gasteiger partial charge on any atom is 0.261 e. The van der Waals surface area contributed by atoms with Crippen LogP contribution >= 0.6 is 0 Å². The highest BCUT2D eigenvalue weighted by Gasteiger charge is 2.31. The van der Waals surface area contributed by atoms with E-state index in [1.54, 1.807) is 78.6 Å². The van der Waals surface area contributed by atoms with Gasteiger partial charge >= 0.3 is 0 Å². The second-order valence-electron chi connectivity index (χ2n) is 11.9. The van der Waals surface area contributed by atoms with Gasteiger partial charge in [-0.05, 0) is 75.6 Å². The smallest absolute Gasteiger partial charge is 0.261 e. The number of aliphatic hydroxyl groups is 1. The van der Waals surface area contributed by atoms with Gasteiger partial charge in [0.05, 0.1) is 35.3 Å². The standard InChI is InChI=1S/C34H44N4O7S/c1-24-21-38(25(2)23-39)34(41)30-20-28(36-46(42,43)29-11-6-5-7-12-29)13-14-31(30)45-26(3)10-8-9-19-44-32(24)22-37(4)33(40)27-15-17-35-18-16-27/h5-7,11-18,20,24-26,32,36,39H,8-10,19,21-23H2,1-4H3/t24-,25-,26-,32-/m0/s1. The van der Waals surface area contributed by atoms with Crippen LogP contribution in [-0.2, 0) is 14.8 Å². The molecular formula is C34H44N4O7S. The van der Waals surface area contributed by atoms with Crippen molar-refractivity contribution in [1.82, 2.24) is 14.8 Å². The minimum absolute atomic E-state index is 0.0917. The van der Waals surface area contributed by atoms with E-state index in [-0.39, 0.29) is 47.2 Å². The van der Waals surface area contributed by atoms with Crippen molar-refractivity contribution in [2.75, 3.05) is 38.1 Å². The molecule has 2 amide bonds. The van der Waals surface area contributed by atoms with Gasteiger partial charge < -0.3 is 24.4 Å². The van der Waals surface area contributed by atoms with Crippen LogP contribution < -0.4 is 9.46 Å². The van der Waals surface area contributed by atoms with Crippen LogP contribution in [0, 0.1) is 5.92 Å². The Labute approximate surface area is 271 Å². The lowest BCUT2D eigenvalue weighted by atomic mass is 10.0. The Balaban J connectivity index is 1.66. The number of amides is 2. The fourth-order valence-corrected chi connectivity index (χ4v) is 6.40. The van der Waals surface area contributed by atoms with Crippen LogP contribution in [0.5, 0.6) is 5.75 Å². The number of carbonyl (C=O) groups is 2. The predicted octanol–water partition coefficient (Wildman–Crippen LogP) is 4.45. The third-order valence-electron chi connectivity index (χ3n) is 8.09. The summed E-state index contributed by atoms with van der Waals surface area (Å²) >= 11 is 0. The van der Waals surface area contributed by atoms with Crippen molar-refractivity contribution in [1.29, 1.82) is 0 Å². The number of fused-ring (bicyclic) bond motifs is 1. The quantitative estimate of drug-likeness (QED) is 0.364. The highest BCUT2D eigenvalue weighted by atomic mass is 32.2. The van der Waals surface area contributed by atoms with Gasteiger partial charge in [0, 0.05) is 56.3 Å². The minimum Gasteiger partial charge on any atom is -0.490 e. The molecule has 2 heterocycles. The van der Waals surface area contributed by atoms with Crippen molar-refractivity contribution in [2.24, 2.45) is 5.92 Å². The molecule has 46 heavy (non-hydrogen) atoms. The zero-order chi connectivity index (χ0) is 33.3. The molecule has 1 aliphatic heterocycles. The lowest BCUT2D eigenvalue weighted by molar-refractivity contribution is -0.0149. The first-order valence-electron chi connectivity index (χ1n) is 15.6. The fourth-order valence-electron chi connectivity index (χ4n) is 5.33. The molecule has 0 spiro atoms. The van der Waals surface area contributed by atoms with E-state index in [1.165, 1.54) is 18.2 Å². The largest absolute Gasteiger partial charge is 0.490 e. The molecule has 248 valence electrons. The lowest BCUT2D eigenvalue weighted by Gasteiger charge is -2.36. The second kappa shape index (κ2) is 16.0. The molecule has 0 bridgehead atoms. The number of likely N-dealkylation sites (N-methyl/N-ethyl adjacent to an activating group) is 1. The Bertz CT molecular complexity index is 1560. The molecule has 0 fully saturated rings. The molecule has 4 atom stereocenters.